The van der Waals surface area contributed by atoms with E-state index in [1.807, 2.05) is 5.32 Å². The van der Waals surface area contributed by atoms with Crippen molar-refractivity contribution in [2.24, 2.45) is 0 Å². The minimum Gasteiger partial charge on any atom is -0.317 e. The zero-order chi connectivity index (χ0) is 18.8. The third kappa shape index (κ3) is 5.01. The molecule has 0 aliphatic heterocycles. The van der Waals surface area contributed by atoms with E-state index in [0.717, 1.165) is 12.1 Å². The Hall–Kier alpha value is -1.96. The van der Waals surface area contributed by atoms with Crippen LogP contribution in [0, 0.1) is 0 Å². The van der Waals surface area contributed by atoms with Crippen LogP contribution in [0.2, 0.25) is 15.1 Å². The molecule has 2 aromatic carbocycles. The fourth-order valence-corrected chi connectivity index (χ4v) is 2.44. The third-order valence-corrected chi connectivity index (χ3v) is 3.70. The number of hydrogen-bond acceptors (Lipinski definition) is 2. The van der Waals surface area contributed by atoms with Crippen molar-refractivity contribution in [3.8, 4) is 0 Å². The van der Waals surface area contributed by atoms with Gasteiger partial charge in [0.05, 0.1) is 22.0 Å². The Labute approximate surface area is 154 Å². The lowest BCUT2D eigenvalue weighted by Crippen LogP contribution is -2.30. The summed E-state index contributed by atoms with van der Waals surface area (Å²) < 4.78 is 38.9. The fraction of sp³-hybridized carbons (Fsp3) is 0.0667. The molecule has 0 aliphatic carbocycles. The summed E-state index contributed by atoms with van der Waals surface area (Å²) in [6.45, 7) is 0. The molecule has 25 heavy (non-hydrogen) atoms. The van der Waals surface area contributed by atoms with E-state index < -0.39 is 29.2 Å². The van der Waals surface area contributed by atoms with Crippen molar-refractivity contribution < 1.29 is 22.8 Å². The van der Waals surface area contributed by atoms with E-state index >= 15 is 0 Å². The van der Waals surface area contributed by atoms with Crippen LogP contribution in [-0.4, -0.2) is 11.8 Å². The van der Waals surface area contributed by atoms with E-state index in [-0.39, 0.29) is 15.7 Å². The molecular weight excluding hydrogens is 404 g/mol. The van der Waals surface area contributed by atoms with Crippen LogP contribution in [0.4, 0.5) is 24.5 Å². The molecule has 2 amide bonds. The molecule has 0 spiro atoms. The number of benzene rings is 2. The van der Waals surface area contributed by atoms with Crippen molar-refractivity contribution >= 4 is 58.0 Å². The molecule has 132 valence electrons. The Morgan fingerprint density at radius 1 is 0.800 bits per heavy atom. The van der Waals surface area contributed by atoms with E-state index in [1.54, 1.807) is 0 Å². The first-order valence-electron chi connectivity index (χ1n) is 6.52. The highest BCUT2D eigenvalue weighted by molar-refractivity contribution is 6.45. The highest BCUT2D eigenvalue weighted by Crippen LogP contribution is 2.36. The molecule has 2 N–H and O–H groups in total. The lowest BCUT2D eigenvalue weighted by Gasteiger charge is -2.14. The molecule has 0 saturated carbocycles. The highest BCUT2D eigenvalue weighted by Gasteiger charge is 2.34. The molecule has 0 atom stereocenters. The predicted molar refractivity (Wildman–Crippen MR) is 90.2 cm³/mol. The molecule has 0 bridgehead atoms. The number of carbonyl (C=O) groups is 2. The minimum atomic E-state index is -4.76. The zero-order valence-electron chi connectivity index (χ0n) is 12.0. The molecule has 10 heteroatoms. The maximum absolute atomic E-state index is 13.0. The standard InChI is InChI=1S/C15H8Cl3F3N2O2/c16-7-1-3-11(9(5-7)15(19,20)21)22-13(24)14(25)23-12-4-2-8(17)6-10(12)18/h1-6H,(H,22,24)(H,23,25). The van der Waals surface area contributed by atoms with Gasteiger partial charge in [0.25, 0.3) is 0 Å². The molecule has 0 radical (unpaired) electrons. The van der Waals surface area contributed by atoms with Gasteiger partial charge < -0.3 is 10.6 Å². The second kappa shape index (κ2) is 7.51. The Morgan fingerprint density at radius 2 is 1.28 bits per heavy atom. The van der Waals surface area contributed by atoms with Crippen LogP contribution in [-0.2, 0) is 15.8 Å². The Kier molecular flexibility index (Phi) is 5.82. The summed E-state index contributed by atoms with van der Waals surface area (Å²) >= 11 is 17.1. The van der Waals surface area contributed by atoms with Crippen molar-refractivity contribution in [2.75, 3.05) is 10.6 Å². The molecular formula is C15H8Cl3F3N2O2. The van der Waals surface area contributed by atoms with E-state index in [0.29, 0.717) is 11.1 Å². The Balaban J connectivity index is 2.18. The van der Waals surface area contributed by atoms with Crippen LogP contribution in [0.5, 0.6) is 0 Å². The van der Waals surface area contributed by atoms with Gasteiger partial charge in [0, 0.05) is 10.0 Å². The lowest BCUT2D eigenvalue weighted by molar-refractivity contribution is -0.137. The van der Waals surface area contributed by atoms with Crippen LogP contribution in [0.3, 0.4) is 0 Å². The van der Waals surface area contributed by atoms with Crippen LogP contribution in [0.15, 0.2) is 36.4 Å². The summed E-state index contributed by atoms with van der Waals surface area (Å²) in [6.07, 6.45) is -4.76. The molecule has 0 saturated heterocycles. The van der Waals surface area contributed by atoms with Gasteiger partial charge in [-0.3, -0.25) is 9.59 Å². The predicted octanol–water partition coefficient (Wildman–Crippen LogP) is 5.24. The van der Waals surface area contributed by atoms with Crippen LogP contribution in [0.1, 0.15) is 5.56 Å². The maximum Gasteiger partial charge on any atom is 0.418 e. The van der Waals surface area contributed by atoms with E-state index in [1.165, 1.54) is 18.2 Å². The number of amides is 2. The van der Waals surface area contributed by atoms with Gasteiger partial charge in [-0.15, -0.1) is 0 Å². The van der Waals surface area contributed by atoms with E-state index in [2.05, 4.69) is 5.32 Å². The SMILES string of the molecule is O=C(Nc1ccc(Cl)cc1Cl)C(=O)Nc1ccc(Cl)cc1C(F)(F)F. The molecule has 0 aliphatic rings. The van der Waals surface area contributed by atoms with Gasteiger partial charge in [0.1, 0.15) is 0 Å². The smallest absolute Gasteiger partial charge is 0.317 e. The topological polar surface area (TPSA) is 58.2 Å². The largest absolute Gasteiger partial charge is 0.418 e. The van der Waals surface area contributed by atoms with Crippen LogP contribution in [0.25, 0.3) is 0 Å². The zero-order valence-corrected chi connectivity index (χ0v) is 14.3. The average molecular weight is 412 g/mol. The van der Waals surface area contributed by atoms with Gasteiger partial charge in [-0.1, -0.05) is 34.8 Å². The van der Waals surface area contributed by atoms with Crippen molar-refractivity contribution in [1.29, 1.82) is 0 Å². The summed E-state index contributed by atoms with van der Waals surface area (Å²) in [5, 5.41) is 4.28. The summed E-state index contributed by atoms with van der Waals surface area (Å²) in [7, 11) is 0. The summed E-state index contributed by atoms with van der Waals surface area (Å²) in [6, 6.07) is 6.84. The quantitative estimate of drug-likeness (QED) is 0.664. The van der Waals surface area contributed by atoms with Crippen molar-refractivity contribution in [3.63, 3.8) is 0 Å². The molecule has 0 unspecified atom stereocenters. The number of hydrogen-bond donors (Lipinski definition) is 2. The summed E-state index contributed by atoms with van der Waals surface area (Å²) in [4.78, 5) is 23.7. The van der Waals surface area contributed by atoms with Crippen molar-refractivity contribution in [1.82, 2.24) is 0 Å². The number of halogens is 6. The molecule has 4 nitrogen and oxygen atoms in total. The highest BCUT2D eigenvalue weighted by atomic mass is 35.5. The molecule has 2 aromatic rings. The maximum atomic E-state index is 13.0. The molecule has 2 rings (SSSR count). The Morgan fingerprint density at radius 3 is 1.80 bits per heavy atom. The fourth-order valence-electron chi connectivity index (χ4n) is 1.81. The number of nitrogens with one attached hydrogen (secondary N) is 2. The van der Waals surface area contributed by atoms with E-state index in [4.69, 9.17) is 34.8 Å². The van der Waals surface area contributed by atoms with Crippen molar-refractivity contribution in [3.05, 3.63) is 57.0 Å². The molecule has 0 fully saturated rings. The number of carbonyl (C=O) groups excluding carboxylic acids is 2. The first-order valence-corrected chi connectivity index (χ1v) is 7.65. The van der Waals surface area contributed by atoms with Gasteiger partial charge in [-0.2, -0.15) is 13.2 Å². The second-order valence-electron chi connectivity index (χ2n) is 4.72. The van der Waals surface area contributed by atoms with Crippen LogP contribution >= 0.6 is 34.8 Å². The average Bonchev–Trinajstić information content (AvgIpc) is 2.50. The van der Waals surface area contributed by atoms with Gasteiger partial charge in [0.2, 0.25) is 0 Å². The molecule has 0 aromatic heterocycles. The first-order chi connectivity index (χ1) is 11.6. The van der Waals surface area contributed by atoms with Gasteiger partial charge in [-0.25, -0.2) is 0 Å². The minimum absolute atomic E-state index is 0.0659. The molecule has 0 heterocycles. The first kappa shape index (κ1) is 19.4. The summed E-state index contributed by atoms with van der Waals surface area (Å²) in [5.74, 6) is -2.51. The van der Waals surface area contributed by atoms with Crippen LogP contribution < -0.4 is 10.6 Å². The lowest BCUT2D eigenvalue weighted by atomic mass is 10.1. The summed E-state index contributed by atoms with van der Waals surface area (Å²) in [5.41, 5.74) is -1.69. The van der Waals surface area contributed by atoms with Gasteiger partial charge in [0.15, 0.2) is 0 Å². The number of alkyl halides is 3. The number of anilines is 2. The normalized spacial score (nSPS) is 11.1. The third-order valence-electron chi connectivity index (χ3n) is 2.92. The second-order valence-corrected chi connectivity index (χ2v) is 6.00. The number of rotatable bonds is 2. The Bertz CT molecular complexity index is 841. The van der Waals surface area contributed by atoms with E-state index in [9.17, 15) is 22.8 Å². The van der Waals surface area contributed by atoms with Crippen molar-refractivity contribution in [2.45, 2.75) is 6.18 Å². The van der Waals surface area contributed by atoms with Gasteiger partial charge >= 0.3 is 18.0 Å². The monoisotopic (exact) mass is 410 g/mol. The van der Waals surface area contributed by atoms with Gasteiger partial charge in [-0.05, 0) is 36.4 Å².